The lowest BCUT2D eigenvalue weighted by Gasteiger charge is -2.20. The Kier molecular flexibility index (Phi) is 23.1. The highest BCUT2D eigenvalue weighted by molar-refractivity contribution is 5.75. The summed E-state index contributed by atoms with van der Waals surface area (Å²) < 4.78 is 5.38. The summed E-state index contributed by atoms with van der Waals surface area (Å²) in [6, 6.07) is 0. The van der Waals surface area contributed by atoms with Crippen molar-refractivity contribution < 1.29 is 19.4 Å². The first-order valence-corrected chi connectivity index (χ1v) is 14.5. The van der Waals surface area contributed by atoms with Gasteiger partial charge in [-0.15, -0.1) is 0 Å². The molecule has 0 aliphatic rings. The highest BCUT2D eigenvalue weighted by atomic mass is 16.5. The van der Waals surface area contributed by atoms with Gasteiger partial charge in [0, 0.05) is 0 Å². The van der Waals surface area contributed by atoms with Crippen molar-refractivity contribution >= 4 is 11.9 Å². The van der Waals surface area contributed by atoms with Gasteiger partial charge in [0.2, 0.25) is 0 Å². The van der Waals surface area contributed by atoms with Crippen molar-refractivity contribution in [2.24, 2.45) is 10.8 Å². The molecule has 4 nitrogen and oxygen atoms in total. The van der Waals surface area contributed by atoms with E-state index in [9.17, 15) is 9.59 Å². The Morgan fingerprint density at radius 3 is 1.15 bits per heavy atom. The first kappa shape index (κ1) is 35.1. The van der Waals surface area contributed by atoms with Gasteiger partial charge < -0.3 is 9.84 Å². The number of unbranched alkanes of at least 4 members (excludes halogenated alkanes) is 15. The van der Waals surface area contributed by atoms with Crippen LogP contribution in [0.25, 0.3) is 0 Å². The summed E-state index contributed by atoms with van der Waals surface area (Å²) in [5, 5.41) is 8.44. The standard InChI is InChI=1S/C24H48O2.C6H12O2/c1-5-7-8-9-10-11-12-13-14-15-16-17-18-19-20-21-22-26-23(25)24(3,4)6-2;1-4-6(2,3)5(7)8/h5-22H2,1-4H3;4H2,1-3H3,(H,7,8). The fourth-order valence-electron chi connectivity index (χ4n) is 3.31. The van der Waals surface area contributed by atoms with Crippen molar-refractivity contribution in [1.29, 1.82) is 0 Å². The first-order valence-electron chi connectivity index (χ1n) is 14.5. The minimum atomic E-state index is -0.722. The number of ether oxygens (including phenoxy) is 1. The highest BCUT2D eigenvalue weighted by Gasteiger charge is 2.26. The molecule has 4 heteroatoms. The molecule has 0 aromatic heterocycles. The number of carbonyl (C=O) groups is 2. The van der Waals surface area contributed by atoms with Crippen LogP contribution in [0.15, 0.2) is 0 Å². The molecule has 0 aromatic rings. The number of rotatable bonds is 21. The van der Waals surface area contributed by atoms with E-state index in [0.717, 1.165) is 12.8 Å². The molecule has 0 fully saturated rings. The molecule has 0 heterocycles. The zero-order valence-electron chi connectivity index (χ0n) is 24.1. The lowest BCUT2D eigenvalue weighted by molar-refractivity contribution is -0.154. The van der Waals surface area contributed by atoms with Gasteiger partial charge in [-0.05, 0) is 47.0 Å². The number of hydrogen-bond donors (Lipinski definition) is 1. The maximum atomic E-state index is 11.8. The van der Waals surface area contributed by atoms with Crippen LogP contribution >= 0.6 is 0 Å². The molecule has 0 spiro atoms. The molecule has 204 valence electrons. The summed E-state index contributed by atoms with van der Waals surface area (Å²) in [5.74, 6) is -0.763. The second-order valence-corrected chi connectivity index (χ2v) is 11.2. The summed E-state index contributed by atoms with van der Waals surface area (Å²) in [5.41, 5.74) is -0.866. The Labute approximate surface area is 213 Å². The Bertz CT molecular complexity index is 482. The first-order chi connectivity index (χ1) is 16.0. The van der Waals surface area contributed by atoms with Crippen LogP contribution in [0.5, 0.6) is 0 Å². The lowest BCUT2D eigenvalue weighted by atomic mass is 9.91. The molecule has 0 saturated carbocycles. The zero-order chi connectivity index (χ0) is 26.3. The van der Waals surface area contributed by atoms with Gasteiger partial charge in [0.25, 0.3) is 0 Å². The third-order valence-electron chi connectivity index (χ3n) is 7.13. The van der Waals surface area contributed by atoms with Gasteiger partial charge in [0.1, 0.15) is 0 Å². The van der Waals surface area contributed by atoms with E-state index in [1.54, 1.807) is 13.8 Å². The maximum Gasteiger partial charge on any atom is 0.311 e. The van der Waals surface area contributed by atoms with Crippen LogP contribution in [0.1, 0.15) is 164 Å². The lowest BCUT2D eigenvalue weighted by Crippen LogP contribution is -2.26. The second-order valence-electron chi connectivity index (χ2n) is 11.2. The van der Waals surface area contributed by atoms with Crippen molar-refractivity contribution in [3.05, 3.63) is 0 Å². The van der Waals surface area contributed by atoms with Crippen LogP contribution in [-0.4, -0.2) is 23.7 Å². The molecule has 34 heavy (non-hydrogen) atoms. The molecule has 0 saturated heterocycles. The SMILES string of the molecule is CCC(C)(C)C(=O)O.CCCCCCCCCCCCCCCCCCOC(=O)C(C)(C)CC. The summed E-state index contributed by atoms with van der Waals surface area (Å²) in [4.78, 5) is 22.1. The van der Waals surface area contributed by atoms with Crippen LogP contribution < -0.4 is 0 Å². The Balaban J connectivity index is 0. The Morgan fingerprint density at radius 2 is 0.882 bits per heavy atom. The average Bonchev–Trinajstić information content (AvgIpc) is 2.81. The molecule has 0 aliphatic heterocycles. The van der Waals surface area contributed by atoms with Crippen LogP contribution in [0.3, 0.4) is 0 Å². The minimum Gasteiger partial charge on any atom is -0.481 e. The monoisotopic (exact) mass is 484 g/mol. The molecule has 0 rings (SSSR count). The van der Waals surface area contributed by atoms with Crippen molar-refractivity contribution in [3.63, 3.8) is 0 Å². The number of carboxylic acid groups (broad SMARTS) is 1. The topological polar surface area (TPSA) is 63.6 Å². The van der Waals surface area contributed by atoms with Crippen molar-refractivity contribution in [2.75, 3.05) is 6.61 Å². The average molecular weight is 485 g/mol. The predicted octanol–water partition coefficient (Wildman–Crippen LogP) is 9.73. The molecular formula is C30H60O4. The summed E-state index contributed by atoms with van der Waals surface area (Å²) in [6.45, 7) is 14.1. The van der Waals surface area contributed by atoms with Crippen molar-refractivity contribution in [1.82, 2.24) is 0 Å². The number of hydrogen-bond acceptors (Lipinski definition) is 3. The van der Waals surface area contributed by atoms with E-state index in [0.29, 0.717) is 13.0 Å². The van der Waals surface area contributed by atoms with Crippen LogP contribution in [0.2, 0.25) is 0 Å². The second kappa shape index (κ2) is 22.4. The van der Waals surface area contributed by atoms with E-state index in [1.165, 1.54) is 96.3 Å². The van der Waals surface area contributed by atoms with E-state index >= 15 is 0 Å². The maximum absolute atomic E-state index is 11.8. The van der Waals surface area contributed by atoms with E-state index in [-0.39, 0.29) is 11.4 Å². The van der Waals surface area contributed by atoms with E-state index in [2.05, 4.69) is 6.92 Å². The van der Waals surface area contributed by atoms with Crippen LogP contribution in [-0.2, 0) is 14.3 Å². The van der Waals surface area contributed by atoms with Crippen molar-refractivity contribution in [3.8, 4) is 0 Å². The van der Waals surface area contributed by atoms with Gasteiger partial charge in [0.15, 0.2) is 0 Å². The number of esters is 1. The molecule has 0 atom stereocenters. The third-order valence-corrected chi connectivity index (χ3v) is 7.13. The third kappa shape index (κ3) is 21.5. The normalized spacial score (nSPS) is 11.6. The quantitative estimate of drug-likeness (QED) is 0.130. The van der Waals surface area contributed by atoms with Gasteiger partial charge >= 0.3 is 11.9 Å². The van der Waals surface area contributed by atoms with Gasteiger partial charge in [-0.25, -0.2) is 0 Å². The fourth-order valence-corrected chi connectivity index (χ4v) is 3.31. The zero-order valence-corrected chi connectivity index (χ0v) is 24.1. The minimum absolute atomic E-state index is 0.0408. The highest BCUT2D eigenvalue weighted by Crippen LogP contribution is 2.22. The van der Waals surface area contributed by atoms with E-state index < -0.39 is 11.4 Å². The molecule has 0 unspecified atom stereocenters. The molecule has 1 N–H and O–H groups in total. The largest absolute Gasteiger partial charge is 0.481 e. The summed E-state index contributed by atoms with van der Waals surface area (Å²) in [6.07, 6.45) is 23.4. The van der Waals surface area contributed by atoms with Crippen molar-refractivity contribution in [2.45, 2.75) is 164 Å². The predicted molar refractivity (Wildman–Crippen MR) is 146 cm³/mol. The van der Waals surface area contributed by atoms with Crippen LogP contribution in [0, 0.1) is 10.8 Å². The number of aliphatic carboxylic acids is 1. The number of carbonyl (C=O) groups excluding carboxylic acids is 1. The molecule has 0 aliphatic carbocycles. The smallest absolute Gasteiger partial charge is 0.311 e. The Morgan fingerprint density at radius 1 is 0.559 bits per heavy atom. The molecular weight excluding hydrogens is 424 g/mol. The molecule has 0 amide bonds. The number of carboxylic acids is 1. The van der Waals surface area contributed by atoms with E-state index in [4.69, 9.17) is 9.84 Å². The molecule has 0 bridgehead atoms. The molecule has 0 aromatic carbocycles. The van der Waals surface area contributed by atoms with Gasteiger partial charge in [-0.2, -0.15) is 0 Å². The van der Waals surface area contributed by atoms with Gasteiger partial charge in [-0.1, -0.05) is 117 Å². The summed E-state index contributed by atoms with van der Waals surface area (Å²) in [7, 11) is 0. The van der Waals surface area contributed by atoms with E-state index in [1.807, 2.05) is 27.7 Å². The Hall–Kier alpha value is -1.06. The van der Waals surface area contributed by atoms with Gasteiger partial charge in [-0.3, -0.25) is 9.59 Å². The van der Waals surface area contributed by atoms with Gasteiger partial charge in [0.05, 0.1) is 17.4 Å². The molecule has 0 radical (unpaired) electrons. The fraction of sp³-hybridized carbons (Fsp3) is 0.933. The van der Waals surface area contributed by atoms with Crippen LogP contribution in [0.4, 0.5) is 0 Å². The summed E-state index contributed by atoms with van der Waals surface area (Å²) >= 11 is 0.